The molecule has 3 aliphatic rings. The van der Waals surface area contributed by atoms with E-state index in [1.54, 1.807) is 0 Å². The van der Waals surface area contributed by atoms with Crippen LogP contribution >= 0.6 is 0 Å². The first kappa shape index (κ1) is 10.9. The number of epoxide rings is 2. The van der Waals surface area contributed by atoms with Gasteiger partial charge < -0.3 is 18.9 Å². The molecule has 0 radical (unpaired) electrons. The van der Waals surface area contributed by atoms with Crippen molar-refractivity contribution in [2.75, 3.05) is 13.2 Å². The Morgan fingerprint density at radius 3 is 2.80 bits per heavy atom. The molecule has 3 fully saturated rings. The van der Waals surface area contributed by atoms with Gasteiger partial charge in [0.15, 0.2) is 6.10 Å². The van der Waals surface area contributed by atoms with Gasteiger partial charge in [-0.15, -0.1) is 0 Å². The molecule has 2 aliphatic heterocycles. The van der Waals surface area contributed by atoms with Crippen LogP contribution in [0, 0.1) is 0 Å². The molecular weight excluding hydrogens is 256 g/mol. The second-order valence-electron chi connectivity index (χ2n) is 5.55. The zero-order valence-electron chi connectivity index (χ0n) is 10.8. The van der Waals surface area contributed by atoms with E-state index in [-0.39, 0.29) is 12.2 Å². The van der Waals surface area contributed by atoms with Crippen LogP contribution in [0.4, 0.5) is 0 Å². The van der Waals surface area contributed by atoms with Crippen molar-refractivity contribution in [3.8, 4) is 11.5 Å². The van der Waals surface area contributed by atoms with Gasteiger partial charge in [0.2, 0.25) is 0 Å². The molecular formula is C16H14O4. The average molecular weight is 270 g/mol. The van der Waals surface area contributed by atoms with Crippen molar-refractivity contribution in [1.82, 2.24) is 0 Å². The molecule has 4 heteroatoms. The standard InChI is InChI=1S/C16H14O4/c1-2-9-6-10(19-14-15-16(14)20-15)4-5-12(9)13(3-1)18-8-11-7-17-11/h1-6,11,14-16H,7-8H2. The highest BCUT2D eigenvalue weighted by Gasteiger charge is 2.70. The van der Waals surface area contributed by atoms with Crippen molar-refractivity contribution in [2.24, 2.45) is 0 Å². The number of fused-ring (bicyclic) bond motifs is 2. The summed E-state index contributed by atoms with van der Waals surface area (Å²) in [4.78, 5) is 0. The van der Waals surface area contributed by atoms with Crippen molar-refractivity contribution in [3.05, 3.63) is 36.4 Å². The first-order valence-electron chi connectivity index (χ1n) is 6.98. The van der Waals surface area contributed by atoms with Crippen LogP contribution in [0.3, 0.4) is 0 Å². The van der Waals surface area contributed by atoms with Crippen molar-refractivity contribution < 1.29 is 18.9 Å². The van der Waals surface area contributed by atoms with E-state index in [0.29, 0.717) is 18.8 Å². The molecule has 3 atom stereocenters. The minimum absolute atomic E-state index is 0.273. The van der Waals surface area contributed by atoms with E-state index < -0.39 is 0 Å². The summed E-state index contributed by atoms with van der Waals surface area (Å²) in [5.41, 5.74) is 0. The van der Waals surface area contributed by atoms with Crippen molar-refractivity contribution >= 4 is 10.8 Å². The van der Waals surface area contributed by atoms with E-state index in [1.807, 2.05) is 18.2 Å². The van der Waals surface area contributed by atoms with Crippen LogP contribution in [-0.2, 0) is 9.47 Å². The fraction of sp³-hybridized carbons (Fsp3) is 0.375. The van der Waals surface area contributed by atoms with Gasteiger partial charge in [-0.2, -0.15) is 0 Å². The monoisotopic (exact) mass is 270 g/mol. The van der Waals surface area contributed by atoms with Crippen molar-refractivity contribution in [2.45, 2.75) is 24.4 Å². The average Bonchev–Trinajstić information content (AvgIpc) is 3.31. The second-order valence-corrected chi connectivity index (χ2v) is 5.55. The lowest BCUT2D eigenvalue weighted by atomic mass is 10.1. The maximum absolute atomic E-state index is 5.86. The third-order valence-electron chi connectivity index (χ3n) is 3.98. The largest absolute Gasteiger partial charge is 0.490 e. The third kappa shape index (κ3) is 1.84. The summed E-state index contributed by atoms with van der Waals surface area (Å²) in [6.45, 7) is 1.44. The van der Waals surface area contributed by atoms with Gasteiger partial charge in [0.05, 0.1) is 6.61 Å². The molecule has 0 spiro atoms. The molecule has 0 amide bonds. The Morgan fingerprint density at radius 2 is 2.05 bits per heavy atom. The van der Waals surface area contributed by atoms with Crippen LogP contribution < -0.4 is 9.47 Å². The molecule has 1 saturated carbocycles. The molecule has 2 aromatic rings. The van der Waals surface area contributed by atoms with E-state index in [1.165, 1.54) is 0 Å². The van der Waals surface area contributed by atoms with E-state index >= 15 is 0 Å². The van der Waals surface area contributed by atoms with E-state index in [9.17, 15) is 0 Å². The molecule has 20 heavy (non-hydrogen) atoms. The summed E-state index contributed by atoms with van der Waals surface area (Å²) in [5, 5.41) is 2.24. The summed E-state index contributed by atoms with van der Waals surface area (Å²) in [5.74, 6) is 1.81. The topological polar surface area (TPSA) is 43.5 Å². The Morgan fingerprint density at radius 1 is 1.15 bits per heavy atom. The highest BCUT2D eigenvalue weighted by atomic mass is 16.7. The Balaban J connectivity index is 1.41. The first-order chi connectivity index (χ1) is 9.88. The molecule has 2 aromatic carbocycles. The van der Waals surface area contributed by atoms with Crippen molar-refractivity contribution in [3.63, 3.8) is 0 Å². The van der Waals surface area contributed by atoms with Gasteiger partial charge in [-0.1, -0.05) is 12.1 Å². The highest BCUT2D eigenvalue weighted by Crippen LogP contribution is 2.49. The van der Waals surface area contributed by atoms with Crippen LogP contribution in [-0.4, -0.2) is 37.6 Å². The van der Waals surface area contributed by atoms with Crippen LogP contribution in [0.1, 0.15) is 0 Å². The highest BCUT2D eigenvalue weighted by molar-refractivity contribution is 5.89. The first-order valence-corrected chi connectivity index (χ1v) is 6.98. The molecule has 2 heterocycles. The Kier molecular flexibility index (Phi) is 2.12. The zero-order valence-corrected chi connectivity index (χ0v) is 10.8. The Hall–Kier alpha value is -1.78. The van der Waals surface area contributed by atoms with Crippen LogP contribution in [0.25, 0.3) is 10.8 Å². The SMILES string of the molecule is c1cc(OCC2CO2)c2ccc(OC3C4OC34)cc2c1. The van der Waals surface area contributed by atoms with E-state index in [2.05, 4.69) is 18.2 Å². The maximum atomic E-state index is 5.86. The van der Waals surface area contributed by atoms with Crippen LogP contribution in [0.2, 0.25) is 0 Å². The summed E-state index contributed by atoms with van der Waals surface area (Å²) in [6, 6.07) is 12.2. The smallest absolute Gasteiger partial charge is 0.156 e. The second kappa shape index (κ2) is 3.87. The van der Waals surface area contributed by atoms with Crippen LogP contribution in [0.15, 0.2) is 36.4 Å². The molecule has 4 nitrogen and oxygen atoms in total. The molecule has 1 aliphatic carbocycles. The summed E-state index contributed by atoms with van der Waals surface area (Å²) < 4.78 is 22.0. The summed E-state index contributed by atoms with van der Waals surface area (Å²) in [6.07, 6.45) is 1.27. The van der Waals surface area contributed by atoms with Crippen molar-refractivity contribution in [1.29, 1.82) is 0 Å². The van der Waals surface area contributed by atoms with E-state index in [4.69, 9.17) is 18.9 Å². The number of benzene rings is 2. The molecule has 0 bridgehead atoms. The third-order valence-corrected chi connectivity index (χ3v) is 3.98. The van der Waals surface area contributed by atoms with Gasteiger partial charge in [0, 0.05) is 5.39 Å². The zero-order chi connectivity index (χ0) is 13.1. The molecule has 102 valence electrons. The van der Waals surface area contributed by atoms with Crippen LogP contribution in [0.5, 0.6) is 11.5 Å². The molecule has 0 N–H and O–H groups in total. The number of hydrogen-bond acceptors (Lipinski definition) is 4. The number of rotatable bonds is 5. The summed E-state index contributed by atoms with van der Waals surface area (Å²) in [7, 11) is 0. The summed E-state index contributed by atoms with van der Waals surface area (Å²) >= 11 is 0. The molecule has 2 saturated heterocycles. The fourth-order valence-electron chi connectivity index (χ4n) is 2.50. The molecule has 5 rings (SSSR count). The Labute approximate surface area is 116 Å². The molecule has 3 unspecified atom stereocenters. The van der Waals surface area contributed by atoms with Gasteiger partial charge >= 0.3 is 0 Å². The van der Waals surface area contributed by atoms with E-state index in [0.717, 1.165) is 28.9 Å². The fourth-order valence-corrected chi connectivity index (χ4v) is 2.50. The predicted molar refractivity (Wildman–Crippen MR) is 72.3 cm³/mol. The minimum atomic E-state index is 0.273. The van der Waals surface area contributed by atoms with Gasteiger partial charge in [-0.25, -0.2) is 0 Å². The molecule has 0 aromatic heterocycles. The Bertz CT molecular complexity index is 671. The lowest BCUT2D eigenvalue weighted by Gasteiger charge is -2.11. The quantitative estimate of drug-likeness (QED) is 0.781. The normalized spacial score (nSPS) is 32.6. The van der Waals surface area contributed by atoms with Gasteiger partial charge in [-0.05, 0) is 29.7 Å². The predicted octanol–water partition coefficient (Wildman–Crippen LogP) is 2.15. The van der Waals surface area contributed by atoms with Gasteiger partial charge in [0.1, 0.15) is 36.4 Å². The lowest BCUT2D eigenvalue weighted by Crippen LogP contribution is -2.11. The minimum Gasteiger partial charge on any atom is -0.490 e. The van der Waals surface area contributed by atoms with Gasteiger partial charge in [-0.3, -0.25) is 0 Å². The number of hydrogen-bond donors (Lipinski definition) is 0. The lowest BCUT2D eigenvalue weighted by molar-refractivity contribution is 0.119. The van der Waals surface area contributed by atoms with Gasteiger partial charge in [0.25, 0.3) is 0 Å². The number of ether oxygens (including phenoxy) is 4. The maximum Gasteiger partial charge on any atom is 0.156 e.